The molecular weight excluding hydrogens is 725 g/mol. The summed E-state index contributed by atoms with van der Waals surface area (Å²) in [6, 6.07) is 43.3. The van der Waals surface area contributed by atoms with Gasteiger partial charge in [0.1, 0.15) is 0 Å². The maximum absolute atomic E-state index is 2.74. The van der Waals surface area contributed by atoms with E-state index >= 15 is 0 Å². The molecule has 0 amide bonds. The van der Waals surface area contributed by atoms with Crippen LogP contribution in [0.1, 0.15) is 103 Å². The Hall–Kier alpha value is -5.74. The van der Waals surface area contributed by atoms with E-state index in [1.807, 2.05) is 0 Å². The van der Waals surface area contributed by atoms with Crippen molar-refractivity contribution in [2.75, 3.05) is 19.0 Å². The van der Waals surface area contributed by atoms with Crippen LogP contribution in [-0.2, 0) is 10.8 Å². The predicted molar refractivity (Wildman–Crippen MR) is 262 cm³/mol. The molecule has 0 saturated heterocycles. The number of nitrogens with zero attached hydrogens (tertiary/aromatic N) is 3. The maximum Gasteiger partial charge on any atom is 0.333 e. The summed E-state index contributed by atoms with van der Waals surface area (Å²) in [6.07, 6.45) is 0. The van der Waals surface area contributed by atoms with Crippen LogP contribution in [0.25, 0.3) is 82.3 Å². The van der Waals surface area contributed by atoms with Crippen LogP contribution in [0.4, 0.5) is 5.69 Å². The highest BCUT2D eigenvalue weighted by atomic mass is 15.1. The van der Waals surface area contributed by atoms with Crippen LogP contribution in [-0.4, -0.2) is 30.0 Å². The average Bonchev–Trinajstić information content (AvgIpc) is 3.73. The van der Waals surface area contributed by atoms with Crippen LogP contribution in [0.3, 0.4) is 0 Å². The zero-order valence-electron chi connectivity index (χ0n) is 37.5. The molecule has 0 saturated carbocycles. The molecule has 0 aliphatic carbocycles. The molecule has 0 bridgehead atoms. The topological polar surface area (TPSA) is 13.1 Å². The number of rotatable bonds is 4. The van der Waals surface area contributed by atoms with Gasteiger partial charge < -0.3 is 13.9 Å². The Kier molecular flexibility index (Phi) is 7.71. The van der Waals surface area contributed by atoms with E-state index in [0.29, 0.717) is 11.8 Å². The zero-order valence-corrected chi connectivity index (χ0v) is 37.5. The van der Waals surface area contributed by atoms with Crippen molar-refractivity contribution in [1.82, 2.24) is 9.05 Å². The number of anilines is 1. The number of hydrogen-bond acceptors (Lipinski definition) is 1. The molecule has 2 aromatic heterocycles. The molecule has 3 nitrogen and oxygen atoms in total. The molecule has 4 heteroatoms. The lowest BCUT2D eigenvalue weighted by atomic mass is 9.45. The van der Waals surface area contributed by atoms with Crippen LogP contribution in [0.5, 0.6) is 0 Å². The van der Waals surface area contributed by atoms with Crippen molar-refractivity contribution >= 4 is 77.8 Å². The van der Waals surface area contributed by atoms with Crippen molar-refractivity contribution in [2.45, 2.75) is 91.9 Å². The van der Waals surface area contributed by atoms with Gasteiger partial charge in [0.05, 0.1) is 11.0 Å². The normalized spacial score (nSPS) is 13.6. The second-order valence-electron chi connectivity index (χ2n) is 20.8. The summed E-state index contributed by atoms with van der Waals surface area (Å²) in [5.74, 6) is 0.824. The molecule has 298 valence electrons. The lowest BCUT2D eigenvalue weighted by Crippen LogP contribution is -2.55. The smallest absolute Gasteiger partial charge is 0.333 e. The van der Waals surface area contributed by atoms with Crippen molar-refractivity contribution in [2.24, 2.45) is 0 Å². The van der Waals surface area contributed by atoms with Crippen LogP contribution < -0.4 is 15.8 Å². The molecule has 0 N–H and O–H groups in total. The average molecular weight is 782 g/mol. The largest absolute Gasteiger partial charge is 0.378 e. The minimum absolute atomic E-state index is 0.0130. The SMILES string of the molecule is CC(C)c1cccc(C(C)C)c1-c1ccc2c(c1)c1c3ccccc3c3c4c1n2-c1ccc(N(C)C)cc1B4n1c2ccc(C(C)(C)C)cc2c2cc(C(C)(C)C)cc-3c21. The summed E-state index contributed by atoms with van der Waals surface area (Å²) < 4.78 is 5.38. The van der Waals surface area contributed by atoms with Crippen molar-refractivity contribution in [3.63, 3.8) is 0 Å². The minimum atomic E-state index is -0.0334. The molecule has 0 radical (unpaired) electrons. The number of hydrogen-bond donors (Lipinski definition) is 0. The highest BCUT2D eigenvalue weighted by Crippen LogP contribution is 2.50. The van der Waals surface area contributed by atoms with Crippen LogP contribution >= 0.6 is 0 Å². The molecule has 11 rings (SSSR count). The van der Waals surface area contributed by atoms with E-state index in [2.05, 4.69) is 206 Å². The number of fused-ring (bicyclic) bond motifs is 14. The molecule has 0 unspecified atom stereocenters. The fourth-order valence-electron chi connectivity index (χ4n) is 11.1. The second kappa shape index (κ2) is 12.4. The molecule has 7 aromatic carbocycles. The summed E-state index contributed by atoms with van der Waals surface area (Å²) in [6.45, 7) is 23.5. The maximum atomic E-state index is 2.74. The van der Waals surface area contributed by atoms with Gasteiger partial charge in [-0.1, -0.05) is 124 Å². The van der Waals surface area contributed by atoms with Crippen LogP contribution in [0.15, 0.2) is 109 Å². The van der Waals surface area contributed by atoms with E-state index in [0.717, 1.165) is 0 Å². The van der Waals surface area contributed by atoms with E-state index in [1.165, 1.54) is 121 Å². The summed E-state index contributed by atoms with van der Waals surface area (Å²) in [5, 5.41) is 8.06. The molecule has 0 spiro atoms. The molecule has 9 aromatic rings. The van der Waals surface area contributed by atoms with Gasteiger partial charge in [-0.15, -0.1) is 0 Å². The molecule has 0 fully saturated rings. The van der Waals surface area contributed by atoms with Gasteiger partial charge in [0, 0.05) is 63.6 Å². The first-order chi connectivity index (χ1) is 28.5. The fraction of sp³-hybridized carbons (Fsp3) is 0.286. The summed E-state index contributed by atoms with van der Waals surface area (Å²) in [5.41, 5.74) is 21.6. The Morgan fingerprint density at radius 2 is 1.22 bits per heavy atom. The van der Waals surface area contributed by atoms with Gasteiger partial charge >= 0.3 is 6.85 Å². The summed E-state index contributed by atoms with van der Waals surface area (Å²) >= 11 is 0. The predicted octanol–water partition coefficient (Wildman–Crippen LogP) is 13.6. The zero-order chi connectivity index (χ0) is 41.9. The van der Waals surface area contributed by atoms with Gasteiger partial charge in [-0.2, -0.15) is 0 Å². The highest BCUT2D eigenvalue weighted by molar-refractivity contribution is 6.90. The Morgan fingerprint density at radius 1 is 0.550 bits per heavy atom. The fourth-order valence-corrected chi connectivity index (χ4v) is 11.1. The monoisotopic (exact) mass is 781 g/mol. The summed E-state index contributed by atoms with van der Waals surface area (Å²) in [4.78, 5) is 2.26. The molecule has 2 aliphatic heterocycles. The minimum Gasteiger partial charge on any atom is -0.378 e. The first kappa shape index (κ1) is 37.3. The van der Waals surface area contributed by atoms with E-state index < -0.39 is 0 Å². The number of aromatic nitrogens is 2. The van der Waals surface area contributed by atoms with E-state index in [-0.39, 0.29) is 17.7 Å². The molecule has 2 aliphatic rings. The van der Waals surface area contributed by atoms with Gasteiger partial charge in [0.15, 0.2) is 0 Å². The van der Waals surface area contributed by atoms with Gasteiger partial charge in [-0.3, -0.25) is 0 Å². The lowest BCUT2D eigenvalue weighted by molar-refractivity contribution is 0.590. The molecule has 4 heterocycles. The Morgan fingerprint density at radius 3 is 1.88 bits per heavy atom. The van der Waals surface area contributed by atoms with Crippen molar-refractivity contribution in [3.05, 3.63) is 131 Å². The first-order valence-corrected chi connectivity index (χ1v) is 22.1. The Labute approximate surface area is 355 Å². The van der Waals surface area contributed by atoms with E-state index in [1.54, 1.807) is 0 Å². The van der Waals surface area contributed by atoms with Crippen molar-refractivity contribution in [3.8, 4) is 27.9 Å². The molecule has 0 atom stereocenters. The van der Waals surface area contributed by atoms with Gasteiger partial charge in [-0.05, 0) is 138 Å². The van der Waals surface area contributed by atoms with Gasteiger partial charge in [0.2, 0.25) is 0 Å². The lowest BCUT2D eigenvalue weighted by Gasteiger charge is -2.35. The van der Waals surface area contributed by atoms with Gasteiger partial charge in [0.25, 0.3) is 0 Å². The van der Waals surface area contributed by atoms with Crippen LogP contribution in [0.2, 0.25) is 0 Å². The van der Waals surface area contributed by atoms with Crippen molar-refractivity contribution in [1.29, 1.82) is 0 Å². The summed E-state index contributed by atoms with van der Waals surface area (Å²) in [7, 11) is 4.34. The standard InChI is InChI=1S/C56H56BN3/c1-31(2)37-18-15-19-38(32(3)4)49(37)33-20-23-46-43(26-33)51-40-17-14-13-16-39(40)50-44-29-35(56(8,9)10)28-42-41-27-34(55(5,6)7)21-24-47(41)60(53(42)44)57-45-30-36(58(11)12)22-25-48(45)59(46)54(51)52(50)57/h13-32H,1-12H3. The Balaban J connectivity index is 1.37. The Bertz CT molecular complexity index is 3290. The third-order valence-corrected chi connectivity index (χ3v) is 14.1. The van der Waals surface area contributed by atoms with E-state index in [4.69, 9.17) is 0 Å². The third kappa shape index (κ3) is 4.97. The van der Waals surface area contributed by atoms with Gasteiger partial charge in [-0.25, -0.2) is 0 Å². The van der Waals surface area contributed by atoms with Crippen LogP contribution in [0, 0.1) is 0 Å². The third-order valence-electron chi connectivity index (χ3n) is 14.1. The highest BCUT2D eigenvalue weighted by Gasteiger charge is 2.43. The molecule has 60 heavy (non-hydrogen) atoms. The first-order valence-electron chi connectivity index (χ1n) is 22.1. The second-order valence-corrected chi connectivity index (χ2v) is 20.8. The molecular formula is C56H56BN3. The quantitative estimate of drug-likeness (QED) is 0.162. The van der Waals surface area contributed by atoms with Crippen molar-refractivity contribution < 1.29 is 0 Å². The van der Waals surface area contributed by atoms with E-state index in [9.17, 15) is 0 Å². The number of benzene rings is 7.